The summed E-state index contributed by atoms with van der Waals surface area (Å²) in [6.45, 7) is 1.14. The van der Waals surface area contributed by atoms with Crippen molar-refractivity contribution in [1.82, 2.24) is 15.2 Å². The molecule has 22 heavy (non-hydrogen) atoms. The van der Waals surface area contributed by atoms with E-state index >= 15 is 0 Å². The molecule has 2 amide bonds. The van der Waals surface area contributed by atoms with Crippen LogP contribution in [-0.4, -0.2) is 31.3 Å². The van der Waals surface area contributed by atoms with Gasteiger partial charge in [-0.25, -0.2) is 13.2 Å². The van der Waals surface area contributed by atoms with Crippen LogP contribution in [0.3, 0.4) is 0 Å². The number of carbonyl (C=O) groups excluding carboxylic acids is 1. The van der Waals surface area contributed by atoms with Crippen molar-refractivity contribution >= 4 is 15.9 Å². The Morgan fingerprint density at radius 2 is 1.91 bits per heavy atom. The van der Waals surface area contributed by atoms with Crippen molar-refractivity contribution in [3.05, 3.63) is 54.4 Å². The molecule has 2 heterocycles. The predicted octanol–water partition coefficient (Wildman–Crippen LogP) is 1.32. The number of aromatic nitrogens is 1. The third-order valence-electron chi connectivity index (χ3n) is 3.64. The molecular formula is C15H17N3O3S. The van der Waals surface area contributed by atoms with E-state index < -0.39 is 15.9 Å². The summed E-state index contributed by atoms with van der Waals surface area (Å²) in [4.78, 5) is 12.2. The predicted molar refractivity (Wildman–Crippen MR) is 82.2 cm³/mol. The Morgan fingerprint density at radius 1 is 1.18 bits per heavy atom. The molecule has 0 saturated heterocycles. The zero-order valence-corrected chi connectivity index (χ0v) is 12.7. The van der Waals surface area contributed by atoms with Gasteiger partial charge < -0.3 is 15.2 Å². The van der Waals surface area contributed by atoms with E-state index in [-0.39, 0.29) is 11.8 Å². The van der Waals surface area contributed by atoms with E-state index in [0.29, 0.717) is 23.5 Å². The number of nitrogens with zero attached hydrogens (tertiary/aromatic N) is 1. The lowest BCUT2D eigenvalue weighted by Crippen LogP contribution is -2.39. The topological polar surface area (TPSA) is 80.2 Å². The van der Waals surface area contributed by atoms with Gasteiger partial charge in [0.1, 0.15) is 0 Å². The minimum atomic E-state index is -3.30. The summed E-state index contributed by atoms with van der Waals surface area (Å²) >= 11 is 0. The van der Waals surface area contributed by atoms with Crippen LogP contribution in [0.4, 0.5) is 4.79 Å². The fourth-order valence-corrected chi connectivity index (χ4v) is 4.33. The molecule has 7 heteroatoms. The standard InChI is InChI=1S/C15H17N3O3S/c19-15(16-7-10-18-8-3-4-9-18)17-13-11-22(20,21)14-6-2-1-5-12(13)14/h1-6,8-9,13H,7,10-11H2,(H2,16,17,19)/t13-/m1/s1. The first-order valence-corrected chi connectivity index (χ1v) is 8.68. The minimum absolute atomic E-state index is 0.0859. The Hall–Kier alpha value is -2.28. The van der Waals surface area contributed by atoms with Crippen LogP contribution >= 0.6 is 0 Å². The molecular weight excluding hydrogens is 302 g/mol. The van der Waals surface area contributed by atoms with Crippen molar-refractivity contribution in [1.29, 1.82) is 0 Å². The van der Waals surface area contributed by atoms with E-state index in [1.807, 2.05) is 29.1 Å². The van der Waals surface area contributed by atoms with Crippen LogP contribution in [0.5, 0.6) is 0 Å². The molecule has 0 aliphatic carbocycles. The van der Waals surface area contributed by atoms with Crippen molar-refractivity contribution < 1.29 is 13.2 Å². The van der Waals surface area contributed by atoms with Gasteiger partial charge in [0.15, 0.2) is 9.84 Å². The number of nitrogens with one attached hydrogen (secondary N) is 2. The fraction of sp³-hybridized carbons (Fsp3) is 0.267. The summed E-state index contributed by atoms with van der Waals surface area (Å²) < 4.78 is 26.0. The van der Waals surface area contributed by atoms with E-state index in [9.17, 15) is 13.2 Å². The average molecular weight is 319 g/mol. The second kappa shape index (κ2) is 5.84. The number of rotatable bonds is 4. The molecule has 0 radical (unpaired) electrons. The maximum Gasteiger partial charge on any atom is 0.315 e. The summed E-state index contributed by atoms with van der Waals surface area (Å²) in [5.41, 5.74) is 0.656. The van der Waals surface area contributed by atoms with Crippen LogP contribution in [0.25, 0.3) is 0 Å². The first-order chi connectivity index (χ1) is 10.6. The molecule has 6 nitrogen and oxygen atoms in total. The highest BCUT2D eigenvalue weighted by molar-refractivity contribution is 7.91. The number of hydrogen-bond donors (Lipinski definition) is 2. The Kier molecular flexibility index (Phi) is 3.89. The molecule has 2 aromatic rings. The van der Waals surface area contributed by atoms with Crippen LogP contribution in [0.2, 0.25) is 0 Å². The third-order valence-corrected chi connectivity index (χ3v) is 5.46. The number of amides is 2. The molecule has 1 aromatic heterocycles. The molecule has 0 bridgehead atoms. The second-order valence-corrected chi connectivity index (χ2v) is 7.20. The van der Waals surface area contributed by atoms with Gasteiger partial charge in [-0.05, 0) is 23.8 Å². The quantitative estimate of drug-likeness (QED) is 0.892. The van der Waals surface area contributed by atoms with Crippen molar-refractivity contribution in [2.45, 2.75) is 17.5 Å². The van der Waals surface area contributed by atoms with Crippen LogP contribution in [0, 0.1) is 0 Å². The van der Waals surface area contributed by atoms with E-state index in [0.717, 1.165) is 0 Å². The number of urea groups is 1. The zero-order chi connectivity index (χ0) is 15.6. The maximum atomic E-state index is 12.0. The van der Waals surface area contributed by atoms with Crippen LogP contribution in [-0.2, 0) is 16.4 Å². The minimum Gasteiger partial charge on any atom is -0.353 e. The monoisotopic (exact) mass is 319 g/mol. The molecule has 0 unspecified atom stereocenters. The summed E-state index contributed by atoms with van der Waals surface area (Å²) in [5.74, 6) is -0.0859. The number of benzene rings is 1. The summed E-state index contributed by atoms with van der Waals surface area (Å²) in [5, 5.41) is 5.47. The highest BCUT2D eigenvalue weighted by Gasteiger charge is 2.35. The SMILES string of the molecule is O=C(NCCn1cccc1)N[C@@H]1CS(=O)(=O)c2ccccc21. The average Bonchev–Trinajstić information content (AvgIpc) is 3.07. The third kappa shape index (κ3) is 2.99. The Morgan fingerprint density at radius 3 is 2.68 bits per heavy atom. The molecule has 1 aromatic carbocycles. The van der Waals surface area contributed by atoms with Crippen LogP contribution < -0.4 is 10.6 Å². The van der Waals surface area contributed by atoms with Gasteiger partial charge in [0.05, 0.1) is 16.7 Å². The first kappa shape index (κ1) is 14.6. The number of fused-ring (bicyclic) bond motifs is 1. The molecule has 1 aliphatic rings. The van der Waals surface area contributed by atoms with Crippen molar-refractivity contribution in [3.63, 3.8) is 0 Å². The Bertz CT molecular complexity index is 769. The van der Waals surface area contributed by atoms with Gasteiger partial charge in [0.2, 0.25) is 0 Å². The molecule has 116 valence electrons. The van der Waals surface area contributed by atoms with E-state index in [2.05, 4.69) is 10.6 Å². The molecule has 1 atom stereocenters. The number of hydrogen-bond acceptors (Lipinski definition) is 3. The number of carbonyl (C=O) groups is 1. The molecule has 0 saturated carbocycles. The van der Waals surface area contributed by atoms with Gasteiger partial charge in [-0.3, -0.25) is 0 Å². The van der Waals surface area contributed by atoms with Gasteiger partial charge in [-0.15, -0.1) is 0 Å². The second-order valence-electron chi connectivity index (χ2n) is 5.19. The highest BCUT2D eigenvalue weighted by atomic mass is 32.2. The lowest BCUT2D eigenvalue weighted by molar-refractivity contribution is 0.237. The summed E-state index contributed by atoms with van der Waals surface area (Å²) in [6, 6.07) is 9.77. The Balaban J connectivity index is 1.58. The zero-order valence-electron chi connectivity index (χ0n) is 11.9. The normalized spacial score (nSPS) is 18.6. The van der Waals surface area contributed by atoms with Crippen molar-refractivity contribution in [2.24, 2.45) is 0 Å². The van der Waals surface area contributed by atoms with E-state index in [1.165, 1.54) is 0 Å². The van der Waals surface area contributed by atoms with Crippen molar-refractivity contribution in [3.8, 4) is 0 Å². The lowest BCUT2D eigenvalue weighted by atomic mass is 10.1. The van der Waals surface area contributed by atoms with Crippen LogP contribution in [0.1, 0.15) is 11.6 Å². The first-order valence-electron chi connectivity index (χ1n) is 7.03. The molecule has 1 aliphatic heterocycles. The summed E-state index contributed by atoms with van der Waals surface area (Å²) in [7, 11) is -3.30. The van der Waals surface area contributed by atoms with Gasteiger partial charge in [0.25, 0.3) is 0 Å². The molecule has 0 fully saturated rings. The number of sulfone groups is 1. The molecule has 0 spiro atoms. The largest absolute Gasteiger partial charge is 0.353 e. The smallest absolute Gasteiger partial charge is 0.315 e. The van der Waals surface area contributed by atoms with E-state index in [1.54, 1.807) is 24.3 Å². The van der Waals surface area contributed by atoms with Gasteiger partial charge in [-0.1, -0.05) is 18.2 Å². The van der Waals surface area contributed by atoms with Crippen molar-refractivity contribution in [2.75, 3.05) is 12.3 Å². The molecule has 3 rings (SSSR count). The van der Waals surface area contributed by atoms with Gasteiger partial charge in [-0.2, -0.15) is 0 Å². The highest BCUT2D eigenvalue weighted by Crippen LogP contribution is 2.32. The van der Waals surface area contributed by atoms with Crippen LogP contribution in [0.15, 0.2) is 53.7 Å². The van der Waals surface area contributed by atoms with Gasteiger partial charge in [0, 0.05) is 25.5 Å². The van der Waals surface area contributed by atoms with Gasteiger partial charge >= 0.3 is 6.03 Å². The molecule has 2 N–H and O–H groups in total. The fourth-order valence-electron chi connectivity index (χ4n) is 2.60. The summed E-state index contributed by atoms with van der Waals surface area (Å²) in [6.07, 6.45) is 3.83. The lowest BCUT2D eigenvalue weighted by Gasteiger charge is -2.13. The maximum absolute atomic E-state index is 12.0. The van der Waals surface area contributed by atoms with E-state index in [4.69, 9.17) is 0 Å². The Labute approximate surface area is 129 Å².